The summed E-state index contributed by atoms with van der Waals surface area (Å²) < 4.78 is 0. The standard InChI is InChI=1S/C25H30N2O/c28-25(26-16-3-4-17-26)21-12-10-19(11-13-21)18-27(22-14-15-22)24-9-5-7-20-6-1-2-8-23(20)24/h1-2,6,8,10-13,22,24H,3-5,7,9,14-18H2. The number of nitrogens with zero attached hydrogens (tertiary/aromatic N) is 2. The maximum Gasteiger partial charge on any atom is 0.253 e. The highest BCUT2D eigenvalue weighted by molar-refractivity contribution is 5.94. The van der Waals surface area contributed by atoms with Gasteiger partial charge in [-0.05, 0) is 73.8 Å². The van der Waals surface area contributed by atoms with Gasteiger partial charge in [-0.2, -0.15) is 0 Å². The minimum Gasteiger partial charge on any atom is -0.339 e. The molecule has 28 heavy (non-hydrogen) atoms. The van der Waals surface area contributed by atoms with Crippen LogP contribution in [0.5, 0.6) is 0 Å². The fraction of sp³-hybridized carbons (Fsp3) is 0.480. The van der Waals surface area contributed by atoms with Crippen molar-refractivity contribution in [3.63, 3.8) is 0 Å². The minimum atomic E-state index is 0.198. The quantitative estimate of drug-likeness (QED) is 0.738. The molecule has 1 unspecified atom stereocenters. The topological polar surface area (TPSA) is 23.6 Å². The first-order valence-electron chi connectivity index (χ1n) is 11.0. The SMILES string of the molecule is O=C(c1ccc(CN(C2CC2)C2CCCc3ccccc32)cc1)N1CCCC1. The number of carbonyl (C=O) groups excluding carboxylic acids is 1. The predicted octanol–water partition coefficient (Wildman–Crippen LogP) is 4.96. The fourth-order valence-corrected chi connectivity index (χ4v) is 5.04. The first-order chi connectivity index (χ1) is 13.8. The molecule has 0 spiro atoms. The number of hydrogen-bond acceptors (Lipinski definition) is 2. The second kappa shape index (κ2) is 7.71. The molecule has 1 atom stereocenters. The lowest BCUT2D eigenvalue weighted by molar-refractivity contribution is 0.0792. The maximum atomic E-state index is 12.6. The predicted molar refractivity (Wildman–Crippen MR) is 112 cm³/mol. The van der Waals surface area contributed by atoms with Crippen LogP contribution in [-0.2, 0) is 13.0 Å². The van der Waals surface area contributed by atoms with E-state index in [1.165, 1.54) is 43.2 Å². The van der Waals surface area contributed by atoms with E-state index in [1.54, 1.807) is 5.56 Å². The Morgan fingerprint density at radius 1 is 0.929 bits per heavy atom. The van der Waals surface area contributed by atoms with E-state index in [4.69, 9.17) is 0 Å². The molecular weight excluding hydrogens is 344 g/mol. The average molecular weight is 375 g/mol. The Hall–Kier alpha value is -2.13. The van der Waals surface area contributed by atoms with Crippen molar-refractivity contribution < 1.29 is 4.79 Å². The lowest BCUT2D eigenvalue weighted by Crippen LogP contribution is -2.33. The second-order valence-electron chi connectivity index (χ2n) is 8.71. The molecule has 5 rings (SSSR count). The molecule has 1 aliphatic heterocycles. The third-order valence-corrected chi connectivity index (χ3v) is 6.71. The van der Waals surface area contributed by atoms with E-state index >= 15 is 0 Å². The Labute approximate surface area is 168 Å². The molecule has 0 bridgehead atoms. The van der Waals surface area contributed by atoms with E-state index in [9.17, 15) is 4.79 Å². The van der Waals surface area contributed by atoms with E-state index in [2.05, 4.69) is 41.3 Å². The Bertz CT molecular complexity index is 834. The van der Waals surface area contributed by atoms with Gasteiger partial charge in [0.15, 0.2) is 0 Å². The number of likely N-dealkylation sites (tertiary alicyclic amines) is 1. The van der Waals surface area contributed by atoms with E-state index < -0.39 is 0 Å². The van der Waals surface area contributed by atoms with Crippen molar-refractivity contribution in [1.29, 1.82) is 0 Å². The van der Waals surface area contributed by atoms with Crippen molar-refractivity contribution in [2.24, 2.45) is 0 Å². The summed E-state index contributed by atoms with van der Waals surface area (Å²) in [6.07, 6.45) is 8.70. The van der Waals surface area contributed by atoms with Gasteiger partial charge in [-0.3, -0.25) is 9.69 Å². The molecule has 3 heteroatoms. The molecule has 1 saturated heterocycles. The second-order valence-corrected chi connectivity index (χ2v) is 8.71. The zero-order chi connectivity index (χ0) is 18.9. The van der Waals surface area contributed by atoms with Crippen LogP contribution in [0.3, 0.4) is 0 Å². The Morgan fingerprint density at radius 3 is 2.43 bits per heavy atom. The highest BCUT2D eigenvalue weighted by atomic mass is 16.2. The summed E-state index contributed by atoms with van der Waals surface area (Å²) in [5.41, 5.74) is 5.25. The average Bonchev–Trinajstić information content (AvgIpc) is 3.44. The number of fused-ring (bicyclic) bond motifs is 1. The highest BCUT2D eigenvalue weighted by Gasteiger charge is 2.36. The lowest BCUT2D eigenvalue weighted by atomic mass is 9.86. The smallest absolute Gasteiger partial charge is 0.253 e. The van der Waals surface area contributed by atoms with Crippen LogP contribution in [0.2, 0.25) is 0 Å². The number of aryl methyl sites for hydroxylation is 1. The van der Waals surface area contributed by atoms with Crippen molar-refractivity contribution in [3.05, 3.63) is 70.8 Å². The summed E-state index contributed by atoms with van der Waals surface area (Å²) in [5, 5.41) is 0. The van der Waals surface area contributed by atoms with Crippen molar-refractivity contribution in [3.8, 4) is 0 Å². The maximum absolute atomic E-state index is 12.6. The van der Waals surface area contributed by atoms with Crippen LogP contribution in [0.15, 0.2) is 48.5 Å². The zero-order valence-electron chi connectivity index (χ0n) is 16.6. The molecule has 3 nitrogen and oxygen atoms in total. The van der Waals surface area contributed by atoms with Crippen LogP contribution >= 0.6 is 0 Å². The molecule has 3 aliphatic rings. The van der Waals surface area contributed by atoms with E-state index in [0.717, 1.165) is 44.1 Å². The number of benzene rings is 2. The van der Waals surface area contributed by atoms with Crippen molar-refractivity contribution in [2.75, 3.05) is 13.1 Å². The van der Waals surface area contributed by atoms with Gasteiger partial charge >= 0.3 is 0 Å². The van der Waals surface area contributed by atoms with Gasteiger partial charge in [0.1, 0.15) is 0 Å². The van der Waals surface area contributed by atoms with Gasteiger partial charge in [0.2, 0.25) is 0 Å². The fourth-order valence-electron chi connectivity index (χ4n) is 5.04. The van der Waals surface area contributed by atoms with Gasteiger partial charge < -0.3 is 4.90 Å². The molecule has 0 aromatic heterocycles. The van der Waals surface area contributed by atoms with Crippen molar-refractivity contribution >= 4 is 5.91 Å². The molecule has 1 heterocycles. The molecular formula is C25H30N2O. The normalized spacial score (nSPS) is 21.8. The summed E-state index contributed by atoms with van der Waals surface area (Å²) in [6.45, 7) is 2.82. The third-order valence-electron chi connectivity index (χ3n) is 6.71. The van der Waals surface area contributed by atoms with Crippen LogP contribution in [0, 0.1) is 0 Å². The third kappa shape index (κ3) is 3.60. The zero-order valence-corrected chi connectivity index (χ0v) is 16.6. The monoisotopic (exact) mass is 374 g/mol. The molecule has 0 radical (unpaired) electrons. The van der Waals surface area contributed by atoms with Crippen LogP contribution < -0.4 is 0 Å². The summed E-state index contributed by atoms with van der Waals surface area (Å²) in [6, 6.07) is 18.7. The Balaban J connectivity index is 1.33. The van der Waals surface area contributed by atoms with Crippen LogP contribution in [0.25, 0.3) is 0 Å². The Kier molecular flexibility index (Phi) is 4.94. The Morgan fingerprint density at radius 2 is 1.68 bits per heavy atom. The minimum absolute atomic E-state index is 0.198. The van der Waals surface area contributed by atoms with Gasteiger partial charge in [-0.15, -0.1) is 0 Å². The number of rotatable bonds is 5. The molecule has 2 aromatic rings. The summed E-state index contributed by atoms with van der Waals surface area (Å²) in [5.74, 6) is 0.198. The van der Waals surface area contributed by atoms with Crippen LogP contribution in [0.4, 0.5) is 0 Å². The van der Waals surface area contributed by atoms with Crippen molar-refractivity contribution in [2.45, 2.75) is 63.6 Å². The van der Waals surface area contributed by atoms with Gasteiger partial charge in [0, 0.05) is 37.3 Å². The molecule has 146 valence electrons. The highest BCUT2D eigenvalue weighted by Crippen LogP contribution is 2.41. The van der Waals surface area contributed by atoms with E-state index in [-0.39, 0.29) is 5.91 Å². The largest absolute Gasteiger partial charge is 0.339 e. The van der Waals surface area contributed by atoms with Crippen molar-refractivity contribution in [1.82, 2.24) is 9.80 Å². The first-order valence-corrected chi connectivity index (χ1v) is 11.0. The molecule has 1 saturated carbocycles. The van der Waals surface area contributed by atoms with E-state index in [0.29, 0.717) is 6.04 Å². The summed E-state index contributed by atoms with van der Waals surface area (Å²) in [4.78, 5) is 17.3. The molecule has 1 amide bonds. The number of hydrogen-bond donors (Lipinski definition) is 0. The molecule has 2 fully saturated rings. The van der Waals surface area contributed by atoms with Gasteiger partial charge in [-0.1, -0.05) is 36.4 Å². The molecule has 0 N–H and O–H groups in total. The number of carbonyl (C=O) groups is 1. The molecule has 2 aliphatic carbocycles. The van der Waals surface area contributed by atoms with Crippen LogP contribution in [0.1, 0.15) is 71.6 Å². The van der Waals surface area contributed by atoms with E-state index in [1.807, 2.05) is 17.0 Å². The number of amides is 1. The summed E-state index contributed by atoms with van der Waals surface area (Å²) >= 11 is 0. The van der Waals surface area contributed by atoms with Gasteiger partial charge in [0.05, 0.1) is 0 Å². The van der Waals surface area contributed by atoms with Crippen LogP contribution in [-0.4, -0.2) is 34.8 Å². The lowest BCUT2D eigenvalue weighted by Gasteiger charge is -2.36. The van der Waals surface area contributed by atoms with Gasteiger partial charge in [0.25, 0.3) is 5.91 Å². The first kappa shape index (κ1) is 17.9. The van der Waals surface area contributed by atoms with Gasteiger partial charge in [-0.25, -0.2) is 0 Å². The molecule has 2 aromatic carbocycles. The summed E-state index contributed by atoms with van der Waals surface area (Å²) in [7, 11) is 0.